The van der Waals surface area contributed by atoms with Gasteiger partial charge in [0.15, 0.2) is 0 Å². The second kappa shape index (κ2) is 7.79. The molecule has 1 aliphatic rings. The van der Waals surface area contributed by atoms with Gasteiger partial charge < -0.3 is 10.1 Å². The molecule has 3 nitrogen and oxygen atoms in total. The minimum atomic E-state index is -4.23. The van der Waals surface area contributed by atoms with Crippen LogP contribution in [0.25, 0.3) is 0 Å². The second-order valence-electron chi connectivity index (χ2n) is 6.65. The van der Waals surface area contributed by atoms with Crippen LogP contribution in [-0.2, 0) is 4.74 Å². The Bertz CT molecular complexity index is 308. The highest BCUT2D eigenvalue weighted by Gasteiger charge is 2.35. The Kier molecular flexibility index (Phi) is 6.94. The quantitative estimate of drug-likeness (QED) is 0.732. The summed E-state index contributed by atoms with van der Waals surface area (Å²) in [5.74, 6) is 0.602. The molecule has 6 heteroatoms. The van der Waals surface area contributed by atoms with Gasteiger partial charge in [-0.2, -0.15) is 13.2 Å². The fourth-order valence-corrected chi connectivity index (χ4v) is 2.65. The topological polar surface area (TPSA) is 24.5 Å². The number of nitrogens with one attached hydrogen (secondary N) is 1. The molecule has 2 unspecified atom stereocenters. The lowest BCUT2D eigenvalue weighted by Crippen LogP contribution is -2.63. The van der Waals surface area contributed by atoms with Gasteiger partial charge in [0.25, 0.3) is 0 Å². The summed E-state index contributed by atoms with van der Waals surface area (Å²) in [5.41, 5.74) is 0.0357. The molecule has 0 bridgehead atoms. The molecular weight excluding hydrogens is 281 g/mol. The van der Waals surface area contributed by atoms with Crippen LogP contribution in [0.1, 0.15) is 40.5 Å². The van der Waals surface area contributed by atoms with Gasteiger partial charge in [0.2, 0.25) is 0 Å². The van der Waals surface area contributed by atoms with E-state index in [9.17, 15) is 13.2 Å². The number of alkyl halides is 3. The molecule has 0 spiro atoms. The first-order chi connectivity index (χ1) is 9.65. The Morgan fingerprint density at radius 2 is 2.05 bits per heavy atom. The molecule has 0 saturated carbocycles. The molecule has 0 aromatic rings. The van der Waals surface area contributed by atoms with Crippen molar-refractivity contribution in [1.29, 1.82) is 0 Å². The zero-order chi connectivity index (χ0) is 16.1. The summed E-state index contributed by atoms with van der Waals surface area (Å²) in [6, 6.07) is 0.458. The van der Waals surface area contributed by atoms with Crippen molar-refractivity contribution in [3.63, 3.8) is 0 Å². The average Bonchev–Trinajstić information content (AvgIpc) is 2.37. The molecule has 0 amide bonds. The van der Waals surface area contributed by atoms with Crippen LogP contribution in [-0.4, -0.2) is 55.5 Å². The summed E-state index contributed by atoms with van der Waals surface area (Å²) in [5, 5.41) is 3.59. The standard InChI is InChI=1S/C15H29F3N2O/c1-5-12(2)13-9-20(14(3,4)10-19-13)7-6-8-21-11-15(16,17)18/h12-13,19H,5-11H2,1-4H3. The maximum Gasteiger partial charge on any atom is 0.411 e. The lowest BCUT2D eigenvalue weighted by molar-refractivity contribution is -0.174. The van der Waals surface area contributed by atoms with E-state index in [1.54, 1.807) is 0 Å². The number of hydrogen-bond donors (Lipinski definition) is 1. The molecule has 126 valence electrons. The molecule has 1 heterocycles. The van der Waals surface area contributed by atoms with Crippen LogP contribution in [0.2, 0.25) is 0 Å². The first-order valence-corrected chi connectivity index (χ1v) is 7.78. The van der Waals surface area contributed by atoms with Gasteiger partial charge >= 0.3 is 6.18 Å². The van der Waals surface area contributed by atoms with Gasteiger partial charge in [-0.25, -0.2) is 0 Å². The fourth-order valence-electron chi connectivity index (χ4n) is 2.65. The van der Waals surface area contributed by atoms with E-state index < -0.39 is 12.8 Å². The van der Waals surface area contributed by atoms with Crippen LogP contribution in [0.5, 0.6) is 0 Å². The van der Waals surface area contributed by atoms with Gasteiger partial charge in [-0.05, 0) is 26.2 Å². The molecule has 1 saturated heterocycles. The molecule has 1 fully saturated rings. The van der Waals surface area contributed by atoms with Gasteiger partial charge in [0.05, 0.1) is 0 Å². The molecule has 2 atom stereocenters. The lowest BCUT2D eigenvalue weighted by atomic mass is 9.91. The van der Waals surface area contributed by atoms with Crippen molar-refractivity contribution >= 4 is 0 Å². The predicted octanol–water partition coefficient (Wildman–Crippen LogP) is 3.05. The van der Waals surface area contributed by atoms with E-state index >= 15 is 0 Å². The van der Waals surface area contributed by atoms with Gasteiger partial charge in [0, 0.05) is 37.8 Å². The maximum atomic E-state index is 12.0. The van der Waals surface area contributed by atoms with Gasteiger partial charge in [0.1, 0.15) is 6.61 Å². The highest BCUT2D eigenvalue weighted by atomic mass is 19.4. The SMILES string of the molecule is CCC(C)C1CN(CCCOCC(F)(F)F)C(C)(C)CN1. The average molecular weight is 310 g/mol. The first kappa shape index (κ1) is 18.7. The van der Waals surface area contributed by atoms with Crippen molar-refractivity contribution in [3.05, 3.63) is 0 Å². The first-order valence-electron chi connectivity index (χ1n) is 7.78. The van der Waals surface area contributed by atoms with Crippen LogP contribution in [0.4, 0.5) is 13.2 Å². The second-order valence-corrected chi connectivity index (χ2v) is 6.65. The number of piperazine rings is 1. The monoisotopic (exact) mass is 310 g/mol. The van der Waals surface area contributed by atoms with Crippen LogP contribution >= 0.6 is 0 Å². The Labute approximate surface area is 126 Å². The highest BCUT2D eigenvalue weighted by Crippen LogP contribution is 2.23. The van der Waals surface area contributed by atoms with Crippen molar-refractivity contribution in [1.82, 2.24) is 10.2 Å². The molecule has 0 aromatic heterocycles. The van der Waals surface area contributed by atoms with Crippen molar-refractivity contribution in [2.45, 2.75) is 58.3 Å². The molecular formula is C15H29F3N2O. The van der Waals surface area contributed by atoms with Crippen molar-refractivity contribution in [3.8, 4) is 0 Å². The van der Waals surface area contributed by atoms with Gasteiger partial charge in [-0.3, -0.25) is 4.90 Å². The van der Waals surface area contributed by atoms with Gasteiger partial charge in [-0.15, -0.1) is 0 Å². The number of rotatable bonds is 7. The summed E-state index contributed by atoms with van der Waals surface area (Å²) in [6.07, 6.45) is -2.47. The van der Waals surface area contributed by atoms with E-state index in [1.807, 2.05) is 0 Å². The molecule has 1 aliphatic heterocycles. The molecule has 0 aromatic carbocycles. The molecule has 0 radical (unpaired) electrons. The Balaban J connectivity index is 2.36. The molecule has 21 heavy (non-hydrogen) atoms. The molecule has 1 rings (SSSR count). The number of nitrogens with zero attached hydrogens (tertiary/aromatic N) is 1. The van der Waals surface area contributed by atoms with Crippen LogP contribution in [0.15, 0.2) is 0 Å². The summed E-state index contributed by atoms with van der Waals surface area (Å²) < 4.78 is 40.7. The fraction of sp³-hybridized carbons (Fsp3) is 1.00. The lowest BCUT2D eigenvalue weighted by Gasteiger charge is -2.47. The third kappa shape index (κ3) is 6.53. The van der Waals surface area contributed by atoms with E-state index in [0.717, 1.165) is 26.1 Å². The maximum absolute atomic E-state index is 12.0. The van der Waals surface area contributed by atoms with Crippen LogP contribution in [0, 0.1) is 5.92 Å². The molecule has 1 N–H and O–H groups in total. The zero-order valence-electron chi connectivity index (χ0n) is 13.6. The van der Waals surface area contributed by atoms with E-state index in [-0.39, 0.29) is 12.1 Å². The van der Waals surface area contributed by atoms with E-state index in [1.165, 1.54) is 0 Å². The largest absolute Gasteiger partial charge is 0.411 e. The van der Waals surface area contributed by atoms with Crippen molar-refractivity contribution in [2.75, 3.05) is 32.8 Å². The van der Waals surface area contributed by atoms with Gasteiger partial charge in [-0.1, -0.05) is 20.3 Å². The summed E-state index contributed by atoms with van der Waals surface area (Å²) in [6.45, 7) is 10.4. The van der Waals surface area contributed by atoms with Crippen molar-refractivity contribution in [2.24, 2.45) is 5.92 Å². The normalized spacial score (nSPS) is 25.0. The Hall–Kier alpha value is -0.330. The summed E-state index contributed by atoms with van der Waals surface area (Å²) >= 11 is 0. The summed E-state index contributed by atoms with van der Waals surface area (Å²) in [4.78, 5) is 2.37. The van der Waals surface area contributed by atoms with E-state index in [2.05, 4.69) is 42.6 Å². The smallest absolute Gasteiger partial charge is 0.372 e. The number of hydrogen-bond acceptors (Lipinski definition) is 3. The minimum Gasteiger partial charge on any atom is -0.372 e. The Morgan fingerprint density at radius 3 is 2.62 bits per heavy atom. The minimum absolute atomic E-state index is 0.0357. The number of halogens is 3. The zero-order valence-corrected chi connectivity index (χ0v) is 13.6. The third-order valence-electron chi connectivity index (χ3n) is 4.38. The summed E-state index contributed by atoms with van der Waals surface area (Å²) in [7, 11) is 0. The molecule has 0 aliphatic carbocycles. The van der Waals surface area contributed by atoms with E-state index in [4.69, 9.17) is 0 Å². The Morgan fingerprint density at radius 1 is 1.38 bits per heavy atom. The third-order valence-corrected chi connectivity index (χ3v) is 4.38. The van der Waals surface area contributed by atoms with Crippen molar-refractivity contribution < 1.29 is 17.9 Å². The predicted molar refractivity (Wildman–Crippen MR) is 78.4 cm³/mol. The van der Waals surface area contributed by atoms with Crippen LogP contribution < -0.4 is 5.32 Å². The number of ether oxygens (including phenoxy) is 1. The van der Waals surface area contributed by atoms with E-state index in [0.29, 0.717) is 18.4 Å². The highest BCUT2D eigenvalue weighted by molar-refractivity contribution is 4.94. The van der Waals surface area contributed by atoms with Crippen LogP contribution in [0.3, 0.4) is 0 Å².